The summed E-state index contributed by atoms with van der Waals surface area (Å²) in [5.74, 6) is 0. The van der Waals surface area contributed by atoms with Crippen molar-refractivity contribution < 1.29 is 0 Å². The molecule has 0 bridgehead atoms. The van der Waals surface area contributed by atoms with Gasteiger partial charge in [0, 0.05) is 11.1 Å². The first-order chi connectivity index (χ1) is 5.41. The third kappa shape index (κ3) is 3.91. The normalized spacial score (nSPS) is 25.3. The summed E-state index contributed by atoms with van der Waals surface area (Å²) in [5.41, 5.74) is 0.726. The van der Waals surface area contributed by atoms with E-state index < -0.39 is 0 Å². The van der Waals surface area contributed by atoms with Crippen molar-refractivity contribution in [3.8, 4) is 0 Å². The highest BCUT2D eigenvalue weighted by Gasteiger charge is 2.31. The van der Waals surface area contributed by atoms with Gasteiger partial charge in [0.05, 0.1) is 0 Å². The molecule has 1 saturated heterocycles. The maximum atomic E-state index is 3.63. The molecule has 1 nitrogen and oxygen atoms in total. The molecule has 1 heteroatoms. The lowest BCUT2D eigenvalue weighted by Gasteiger charge is -2.42. The van der Waals surface area contributed by atoms with Gasteiger partial charge in [-0.25, -0.2) is 0 Å². The SMILES string of the molecule is C=C.CC1(C)CCCC(C)(C)N1. The largest absolute Gasteiger partial charge is 0.307 e. The molecule has 1 heterocycles. The molecule has 0 aromatic rings. The molecule has 0 saturated carbocycles. The van der Waals surface area contributed by atoms with Crippen LogP contribution < -0.4 is 5.32 Å². The van der Waals surface area contributed by atoms with E-state index in [0.29, 0.717) is 11.1 Å². The summed E-state index contributed by atoms with van der Waals surface area (Å²) in [4.78, 5) is 0. The topological polar surface area (TPSA) is 12.0 Å². The van der Waals surface area contributed by atoms with Crippen molar-refractivity contribution in [2.24, 2.45) is 0 Å². The summed E-state index contributed by atoms with van der Waals surface area (Å²) in [5, 5.41) is 3.63. The van der Waals surface area contributed by atoms with Crippen LogP contribution in [0.4, 0.5) is 0 Å². The molecule has 0 aromatic carbocycles. The first kappa shape index (κ1) is 11.7. The molecule has 0 aliphatic carbocycles. The Balaban J connectivity index is 0.000000561. The Bertz CT molecular complexity index is 122. The zero-order valence-corrected chi connectivity index (χ0v) is 9.04. The van der Waals surface area contributed by atoms with E-state index in [-0.39, 0.29) is 0 Å². The average molecular weight is 169 g/mol. The quantitative estimate of drug-likeness (QED) is 0.549. The minimum atomic E-state index is 0.363. The number of rotatable bonds is 0. The lowest BCUT2D eigenvalue weighted by molar-refractivity contribution is 0.183. The van der Waals surface area contributed by atoms with Crippen LogP contribution in [0.15, 0.2) is 13.2 Å². The molecular formula is C11H23N. The summed E-state index contributed by atoms with van der Waals surface area (Å²) in [6.07, 6.45) is 4.00. The molecule has 1 rings (SSSR count). The van der Waals surface area contributed by atoms with Gasteiger partial charge in [0.25, 0.3) is 0 Å². The summed E-state index contributed by atoms with van der Waals surface area (Å²) >= 11 is 0. The lowest BCUT2D eigenvalue weighted by Crippen LogP contribution is -2.55. The van der Waals surface area contributed by atoms with Crippen molar-refractivity contribution >= 4 is 0 Å². The highest BCUT2D eigenvalue weighted by atomic mass is 15.0. The minimum absolute atomic E-state index is 0.363. The zero-order chi connectivity index (χ0) is 9.83. The Morgan fingerprint density at radius 3 is 1.42 bits per heavy atom. The molecular weight excluding hydrogens is 146 g/mol. The molecule has 1 N–H and O–H groups in total. The van der Waals surface area contributed by atoms with Crippen molar-refractivity contribution in [3.05, 3.63) is 13.2 Å². The van der Waals surface area contributed by atoms with Gasteiger partial charge in [-0.3, -0.25) is 0 Å². The Hall–Kier alpha value is -0.300. The Labute approximate surface area is 77.2 Å². The van der Waals surface area contributed by atoms with Crippen LogP contribution in [0.3, 0.4) is 0 Å². The maximum absolute atomic E-state index is 3.63. The molecule has 0 amide bonds. The van der Waals surface area contributed by atoms with Crippen LogP contribution in [0.2, 0.25) is 0 Å². The number of piperidine rings is 1. The molecule has 0 spiro atoms. The van der Waals surface area contributed by atoms with Gasteiger partial charge < -0.3 is 5.32 Å². The predicted molar refractivity (Wildman–Crippen MR) is 56.4 cm³/mol. The Kier molecular flexibility index (Phi) is 3.98. The van der Waals surface area contributed by atoms with E-state index in [9.17, 15) is 0 Å². The summed E-state index contributed by atoms with van der Waals surface area (Å²) < 4.78 is 0. The lowest BCUT2D eigenvalue weighted by atomic mass is 9.83. The van der Waals surface area contributed by atoms with E-state index in [0.717, 1.165) is 0 Å². The number of nitrogens with one attached hydrogen (secondary N) is 1. The average Bonchev–Trinajstić information content (AvgIpc) is 1.86. The van der Waals surface area contributed by atoms with Gasteiger partial charge in [0.15, 0.2) is 0 Å². The van der Waals surface area contributed by atoms with Crippen molar-refractivity contribution in [3.63, 3.8) is 0 Å². The molecule has 0 radical (unpaired) electrons. The van der Waals surface area contributed by atoms with Gasteiger partial charge in [-0.15, -0.1) is 13.2 Å². The summed E-state index contributed by atoms with van der Waals surface area (Å²) in [7, 11) is 0. The zero-order valence-electron chi connectivity index (χ0n) is 9.04. The third-order valence-electron chi connectivity index (χ3n) is 2.28. The van der Waals surface area contributed by atoms with Crippen molar-refractivity contribution in [1.29, 1.82) is 0 Å². The fourth-order valence-corrected chi connectivity index (χ4v) is 2.01. The Morgan fingerprint density at radius 2 is 1.25 bits per heavy atom. The number of hydrogen-bond acceptors (Lipinski definition) is 1. The first-order valence-corrected chi connectivity index (χ1v) is 4.71. The molecule has 1 aliphatic heterocycles. The van der Waals surface area contributed by atoms with E-state index in [1.807, 2.05) is 0 Å². The van der Waals surface area contributed by atoms with Crippen LogP contribution in [-0.4, -0.2) is 11.1 Å². The van der Waals surface area contributed by atoms with Crippen molar-refractivity contribution in [1.82, 2.24) is 5.32 Å². The molecule has 1 aliphatic rings. The molecule has 0 aromatic heterocycles. The second-order valence-electron chi connectivity index (χ2n) is 4.75. The molecule has 1 fully saturated rings. The molecule has 0 atom stereocenters. The van der Waals surface area contributed by atoms with Crippen molar-refractivity contribution in [2.75, 3.05) is 0 Å². The number of hydrogen-bond donors (Lipinski definition) is 1. The van der Waals surface area contributed by atoms with Gasteiger partial charge in [0.2, 0.25) is 0 Å². The Morgan fingerprint density at radius 1 is 0.917 bits per heavy atom. The highest BCUT2D eigenvalue weighted by Crippen LogP contribution is 2.27. The van der Waals surface area contributed by atoms with E-state index in [1.165, 1.54) is 19.3 Å². The van der Waals surface area contributed by atoms with E-state index in [1.54, 1.807) is 0 Å². The fourth-order valence-electron chi connectivity index (χ4n) is 2.01. The van der Waals surface area contributed by atoms with Gasteiger partial charge in [-0.1, -0.05) is 0 Å². The van der Waals surface area contributed by atoms with E-state index in [2.05, 4.69) is 46.2 Å². The van der Waals surface area contributed by atoms with E-state index in [4.69, 9.17) is 0 Å². The standard InChI is InChI=1S/C9H19N.C2H4/c1-8(2)6-5-7-9(3,4)10-8;1-2/h10H,5-7H2,1-4H3;1-2H2. The second-order valence-corrected chi connectivity index (χ2v) is 4.75. The first-order valence-electron chi connectivity index (χ1n) is 4.71. The molecule has 72 valence electrons. The second kappa shape index (κ2) is 4.08. The maximum Gasteiger partial charge on any atom is 0.0130 e. The highest BCUT2D eigenvalue weighted by molar-refractivity contribution is 4.92. The van der Waals surface area contributed by atoms with Crippen LogP contribution in [0.1, 0.15) is 47.0 Å². The fraction of sp³-hybridized carbons (Fsp3) is 0.818. The molecule has 0 unspecified atom stereocenters. The molecule has 12 heavy (non-hydrogen) atoms. The van der Waals surface area contributed by atoms with Crippen LogP contribution in [0.5, 0.6) is 0 Å². The van der Waals surface area contributed by atoms with Gasteiger partial charge in [0.1, 0.15) is 0 Å². The van der Waals surface area contributed by atoms with Crippen LogP contribution in [0, 0.1) is 0 Å². The predicted octanol–water partition coefficient (Wildman–Crippen LogP) is 3.12. The van der Waals surface area contributed by atoms with Gasteiger partial charge in [-0.05, 0) is 47.0 Å². The van der Waals surface area contributed by atoms with Crippen molar-refractivity contribution in [2.45, 2.75) is 58.0 Å². The van der Waals surface area contributed by atoms with Gasteiger partial charge >= 0.3 is 0 Å². The smallest absolute Gasteiger partial charge is 0.0130 e. The van der Waals surface area contributed by atoms with Gasteiger partial charge in [-0.2, -0.15) is 0 Å². The summed E-state index contributed by atoms with van der Waals surface area (Å²) in [6.45, 7) is 15.1. The summed E-state index contributed by atoms with van der Waals surface area (Å²) in [6, 6.07) is 0. The third-order valence-corrected chi connectivity index (χ3v) is 2.28. The van der Waals surface area contributed by atoms with E-state index >= 15 is 0 Å². The monoisotopic (exact) mass is 169 g/mol. The van der Waals surface area contributed by atoms with Crippen LogP contribution in [0.25, 0.3) is 0 Å². The van der Waals surface area contributed by atoms with Crippen LogP contribution in [-0.2, 0) is 0 Å². The van der Waals surface area contributed by atoms with Crippen LogP contribution >= 0.6 is 0 Å². The minimum Gasteiger partial charge on any atom is -0.307 e.